The standard InChI is InChI=1S/C22H23N5O4/c1-15-4-6-16(7-5-15)19-13-27-17(14-31-19)20(23-24-27)22(29)26-10-8-25(9-11-26)21(28)18-3-2-12-30-18/h2-7,12,19H,8-11,13-14H2,1H3. The second kappa shape index (κ2) is 7.99. The molecule has 31 heavy (non-hydrogen) atoms. The average molecular weight is 421 g/mol. The normalized spacial score (nSPS) is 18.7. The number of fused-ring (bicyclic) bond motifs is 1. The molecule has 2 amide bonds. The smallest absolute Gasteiger partial charge is 0.289 e. The zero-order valence-corrected chi connectivity index (χ0v) is 17.2. The van der Waals surface area contributed by atoms with E-state index < -0.39 is 0 Å². The number of rotatable bonds is 3. The number of aromatic nitrogens is 3. The van der Waals surface area contributed by atoms with Crippen LogP contribution in [0.2, 0.25) is 0 Å². The lowest BCUT2D eigenvalue weighted by atomic mass is 10.1. The van der Waals surface area contributed by atoms with Crippen LogP contribution in [0.15, 0.2) is 47.1 Å². The number of aryl methyl sites for hydroxylation is 1. The Hall–Kier alpha value is -3.46. The summed E-state index contributed by atoms with van der Waals surface area (Å²) >= 11 is 0. The van der Waals surface area contributed by atoms with E-state index in [9.17, 15) is 9.59 Å². The van der Waals surface area contributed by atoms with Crippen LogP contribution in [0.3, 0.4) is 0 Å². The zero-order chi connectivity index (χ0) is 21.4. The highest BCUT2D eigenvalue weighted by Gasteiger charge is 2.32. The van der Waals surface area contributed by atoms with Gasteiger partial charge in [0, 0.05) is 26.2 Å². The molecule has 9 nitrogen and oxygen atoms in total. The van der Waals surface area contributed by atoms with Crippen LogP contribution in [0.25, 0.3) is 0 Å². The molecule has 1 unspecified atom stereocenters. The number of nitrogens with zero attached hydrogens (tertiary/aromatic N) is 5. The summed E-state index contributed by atoms with van der Waals surface area (Å²) in [6, 6.07) is 11.6. The van der Waals surface area contributed by atoms with Crippen molar-refractivity contribution < 1.29 is 18.7 Å². The molecule has 2 aliphatic heterocycles. The lowest BCUT2D eigenvalue weighted by molar-refractivity contribution is -0.00203. The third-order valence-corrected chi connectivity index (χ3v) is 5.84. The lowest BCUT2D eigenvalue weighted by Crippen LogP contribution is -2.50. The molecule has 9 heteroatoms. The molecular weight excluding hydrogens is 398 g/mol. The van der Waals surface area contributed by atoms with Gasteiger partial charge in [-0.05, 0) is 24.6 Å². The largest absolute Gasteiger partial charge is 0.459 e. The average Bonchev–Trinajstić information content (AvgIpc) is 3.49. The van der Waals surface area contributed by atoms with E-state index >= 15 is 0 Å². The van der Waals surface area contributed by atoms with Crippen molar-refractivity contribution in [3.05, 3.63) is 70.9 Å². The Morgan fingerprint density at radius 3 is 2.39 bits per heavy atom. The zero-order valence-electron chi connectivity index (χ0n) is 17.2. The van der Waals surface area contributed by atoms with E-state index in [0.717, 1.165) is 5.56 Å². The highest BCUT2D eigenvalue weighted by Crippen LogP contribution is 2.27. The number of hydrogen-bond acceptors (Lipinski definition) is 6. The van der Waals surface area contributed by atoms with Gasteiger partial charge < -0.3 is 19.0 Å². The third kappa shape index (κ3) is 3.72. The van der Waals surface area contributed by atoms with Crippen molar-refractivity contribution in [2.24, 2.45) is 0 Å². The van der Waals surface area contributed by atoms with Gasteiger partial charge in [0.1, 0.15) is 6.10 Å². The van der Waals surface area contributed by atoms with Crippen LogP contribution in [0.4, 0.5) is 0 Å². The van der Waals surface area contributed by atoms with Gasteiger partial charge in [-0.25, -0.2) is 4.68 Å². The molecule has 0 aliphatic carbocycles. The van der Waals surface area contributed by atoms with Crippen LogP contribution < -0.4 is 0 Å². The first-order valence-electron chi connectivity index (χ1n) is 10.3. The summed E-state index contributed by atoms with van der Waals surface area (Å²) in [7, 11) is 0. The Morgan fingerprint density at radius 1 is 1.00 bits per heavy atom. The fraction of sp³-hybridized carbons (Fsp3) is 0.364. The topological polar surface area (TPSA) is 93.7 Å². The predicted molar refractivity (Wildman–Crippen MR) is 109 cm³/mol. The van der Waals surface area contributed by atoms with Gasteiger partial charge >= 0.3 is 0 Å². The molecule has 0 spiro atoms. The van der Waals surface area contributed by atoms with Crippen molar-refractivity contribution in [2.75, 3.05) is 26.2 Å². The van der Waals surface area contributed by atoms with Gasteiger partial charge in [-0.1, -0.05) is 35.0 Å². The Bertz CT molecular complexity index is 1080. The Morgan fingerprint density at radius 2 is 1.71 bits per heavy atom. The molecule has 2 aliphatic rings. The fourth-order valence-electron chi connectivity index (χ4n) is 3.98. The van der Waals surface area contributed by atoms with Gasteiger partial charge in [-0.2, -0.15) is 0 Å². The van der Waals surface area contributed by atoms with E-state index in [1.54, 1.807) is 26.6 Å². The number of carbonyl (C=O) groups is 2. The molecule has 3 aromatic rings. The lowest BCUT2D eigenvalue weighted by Gasteiger charge is -2.34. The Labute approximate surface area is 179 Å². The highest BCUT2D eigenvalue weighted by molar-refractivity contribution is 5.94. The van der Waals surface area contributed by atoms with Gasteiger partial charge in [-0.3, -0.25) is 9.59 Å². The minimum absolute atomic E-state index is 0.117. The SMILES string of the molecule is Cc1ccc(C2Cn3nnc(C(=O)N4CCN(C(=O)c5ccco5)CC4)c3CO2)cc1. The van der Waals surface area contributed by atoms with Gasteiger partial charge in [0.2, 0.25) is 0 Å². The van der Waals surface area contributed by atoms with Crippen molar-refractivity contribution >= 4 is 11.8 Å². The maximum Gasteiger partial charge on any atom is 0.289 e. The summed E-state index contributed by atoms with van der Waals surface area (Å²) < 4.78 is 13.0. The molecule has 2 aromatic heterocycles. The molecule has 1 fully saturated rings. The van der Waals surface area contributed by atoms with Crippen LogP contribution in [0.1, 0.15) is 44.0 Å². The predicted octanol–water partition coefficient (Wildman–Crippen LogP) is 2.05. The minimum atomic E-state index is -0.177. The first-order valence-corrected chi connectivity index (χ1v) is 10.3. The monoisotopic (exact) mass is 421 g/mol. The molecule has 160 valence electrons. The molecule has 5 rings (SSSR count). The number of hydrogen-bond donors (Lipinski definition) is 0. The molecule has 1 aromatic carbocycles. The summed E-state index contributed by atoms with van der Waals surface area (Å²) in [6.45, 7) is 4.61. The Kier molecular flexibility index (Phi) is 5.03. The molecular formula is C22H23N5O4. The number of carbonyl (C=O) groups excluding carboxylic acids is 2. The van der Waals surface area contributed by atoms with E-state index in [1.807, 2.05) is 6.92 Å². The second-order valence-electron chi connectivity index (χ2n) is 7.84. The minimum Gasteiger partial charge on any atom is -0.459 e. The maximum absolute atomic E-state index is 13.1. The van der Waals surface area contributed by atoms with Crippen LogP contribution in [0.5, 0.6) is 0 Å². The summed E-state index contributed by atoms with van der Waals surface area (Å²) in [5.41, 5.74) is 3.30. The number of benzene rings is 1. The van der Waals surface area contributed by atoms with E-state index in [0.29, 0.717) is 49.9 Å². The van der Waals surface area contributed by atoms with Crippen molar-refractivity contribution in [3.63, 3.8) is 0 Å². The summed E-state index contributed by atoms with van der Waals surface area (Å²) in [5.74, 6) is -0.0233. The van der Waals surface area contributed by atoms with E-state index in [4.69, 9.17) is 9.15 Å². The third-order valence-electron chi connectivity index (χ3n) is 5.84. The van der Waals surface area contributed by atoms with Crippen LogP contribution in [-0.2, 0) is 17.9 Å². The number of piperazine rings is 1. The second-order valence-corrected chi connectivity index (χ2v) is 7.84. The first-order chi connectivity index (χ1) is 15.1. The van der Waals surface area contributed by atoms with Crippen LogP contribution in [0, 0.1) is 6.92 Å². The first kappa shape index (κ1) is 19.5. The summed E-state index contributed by atoms with van der Waals surface area (Å²) in [6.07, 6.45) is 1.36. The summed E-state index contributed by atoms with van der Waals surface area (Å²) in [4.78, 5) is 28.9. The molecule has 1 saturated heterocycles. The highest BCUT2D eigenvalue weighted by atomic mass is 16.5. The van der Waals surface area contributed by atoms with Crippen molar-refractivity contribution in [1.82, 2.24) is 24.8 Å². The van der Waals surface area contributed by atoms with Crippen molar-refractivity contribution in [1.29, 1.82) is 0 Å². The maximum atomic E-state index is 13.1. The fourth-order valence-corrected chi connectivity index (χ4v) is 3.98. The molecule has 0 bridgehead atoms. The molecule has 4 heterocycles. The van der Waals surface area contributed by atoms with Gasteiger partial charge in [0.05, 0.1) is 25.1 Å². The Balaban J connectivity index is 1.24. The van der Waals surface area contributed by atoms with Gasteiger partial charge in [0.25, 0.3) is 11.8 Å². The molecule has 0 N–H and O–H groups in total. The van der Waals surface area contributed by atoms with Gasteiger partial charge in [0.15, 0.2) is 11.5 Å². The molecule has 0 radical (unpaired) electrons. The number of furan rings is 1. The van der Waals surface area contributed by atoms with Crippen LogP contribution in [-0.4, -0.2) is 62.8 Å². The van der Waals surface area contributed by atoms with E-state index in [2.05, 4.69) is 34.6 Å². The molecule has 1 atom stereocenters. The van der Waals surface area contributed by atoms with Crippen LogP contribution >= 0.6 is 0 Å². The van der Waals surface area contributed by atoms with Crippen molar-refractivity contribution in [2.45, 2.75) is 26.2 Å². The molecule has 0 saturated carbocycles. The van der Waals surface area contributed by atoms with Gasteiger partial charge in [-0.15, -0.1) is 5.10 Å². The summed E-state index contributed by atoms with van der Waals surface area (Å²) in [5, 5.41) is 8.36. The number of ether oxygens (including phenoxy) is 1. The number of amides is 2. The van der Waals surface area contributed by atoms with E-state index in [1.165, 1.54) is 11.8 Å². The van der Waals surface area contributed by atoms with E-state index in [-0.39, 0.29) is 24.5 Å². The quantitative estimate of drug-likeness (QED) is 0.643. The van der Waals surface area contributed by atoms with Crippen molar-refractivity contribution in [3.8, 4) is 0 Å².